The molecule has 3 heterocycles. The summed E-state index contributed by atoms with van der Waals surface area (Å²) in [5, 5.41) is 9.58. The number of benzene rings is 11. The van der Waals surface area contributed by atoms with Crippen LogP contribution in [0.2, 0.25) is 0 Å². The summed E-state index contributed by atoms with van der Waals surface area (Å²) in [6, 6.07) is 103. The highest BCUT2D eigenvalue weighted by molar-refractivity contribution is 7.20. The second kappa shape index (κ2) is 18.4. The van der Waals surface area contributed by atoms with Gasteiger partial charge in [-0.15, -0.1) is 0 Å². The van der Waals surface area contributed by atoms with Crippen LogP contribution < -0.4 is 20.7 Å². The average molecular weight is 974 g/mol. The quantitative estimate of drug-likeness (QED) is 0.101. The monoisotopic (exact) mass is 973 g/mol. The fourth-order valence-electron chi connectivity index (χ4n) is 11.5. The van der Waals surface area contributed by atoms with Crippen molar-refractivity contribution in [1.82, 2.24) is 24.1 Å². The topological polar surface area (TPSA) is 48.5 Å². The van der Waals surface area contributed by atoms with E-state index >= 15 is 0 Å². The molecule has 0 spiro atoms. The van der Waals surface area contributed by atoms with Gasteiger partial charge in [-0.25, -0.2) is 0 Å². The van der Waals surface area contributed by atoms with Crippen LogP contribution >= 0.6 is 0 Å². The number of hydrogen-bond acceptors (Lipinski definition) is 3. The lowest BCUT2D eigenvalue weighted by Gasteiger charge is -2.35. The van der Waals surface area contributed by atoms with Crippen LogP contribution in [0.1, 0.15) is 0 Å². The van der Waals surface area contributed by atoms with Crippen LogP contribution in [-0.2, 0) is 0 Å². The van der Waals surface area contributed by atoms with Crippen LogP contribution in [0.15, 0.2) is 285 Å². The van der Waals surface area contributed by atoms with Crippen molar-refractivity contribution in [2.75, 3.05) is 0 Å². The number of para-hydroxylation sites is 3. The van der Waals surface area contributed by atoms with Crippen molar-refractivity contribution in [1.29, 1.82) is 0 Å². The van der Waals surface area contributed by atoms with Gasteiger partial charge >= 0.3 is 0 Å². The third-order valence-electron chi connectivity index (χ3n) is 14.9. The first kappa shape index (κ1) is 44.0. The molecule has 0 aliphatic carbocycles. The first-order chi connectivity index (χ1) is 37.2. The molecule has 0 bridgehead atoms. The van der Waals surface area contributed by atoms with Crippen LogP contribution in [-0.4, -0.2) is 32.2 Å². The van der Waals surface area contributed by atoms with Gasteiger partial charge in [0, 0.05) is 27.1 Å². The standard InChI is InChI=1S/C69H47N5Si/c1-5-22-48(23-6-1)51-28-19-33-56(44-51)75(55-31-11-4-12-32-55,57-34-20-29-52(45-57)49-24-7-2-8-25-49)58-35-21-30-54(46-58)67-70-68(73-63-39-16-13-36-59(63)60-37-14-17-40-64(60)73)72-69(71-67)74-65-41-18-15-38-61(65)62-47-53(42-43-66(62)74)50-26-9-3-10-27-50/h1-47H. The highest BCUT2D eigenvalue weighted by Crippen LogP contribution is 2.36. The molecule has 0 atom stereocenters. The Labute approximate surface area is 436 Å². The molecule has 352 valence electrons. The minimum absolute atomic E-state index is 0.540. The van der Waals surface area contributed by atoms with Crippen molar-refractivity contribution in [3.8, 4) is 56.7 Å². The Morgan fingerprint density at radius 1 is 0.227 bits per heavy atom. The largest absolute Gasteiger partial charge is 0.278 e. The third-order valence-corrected chi connectivity index (χ3v) is 19.7. The lowest BCUT2D eigenvalue weighted by atomic mass is 10.0. The molecule has 0 saturated carbocycles. The number of rotatable bonds is 10. The molecular weight excluding hydrogens is 927 g/mol. The van der Waals surface area contributed by atoms with Crippen LogP contribution in [0, 0.1) is 0 Å². The van der Waals surface area contributed by atoms with Gasteiger partial charge in [0.15, 0.2) is 13.9 Å². The Kier molecular flexibility index (Phi) is 10.8. The molecule has 5 nitrogen and oxygen atoms in total. The average Bonchev–Trinajstić information content (AvgIpc) is 4.02. The minimum atomic E-state index is -3.19. The van der Waals surface area contributed by atoms with Crippen molar-refractivity contribution in [2.45, 2.75) is 0 Å². The molecule has 14 aromatic rings. The van der Waals surface area contributed by atoms with Crippen LogP contribution in [0.4, 0.5) is 0 Å². The Morgan fingerprint density at radius 2 is 0.560 bits per heavy atom. The van der Waals surface area contributed by atoms with Crippen molar-refractivity contribution in [3.63, 3.8) is 0 Å². The van der Waals surface area contributed by atoms with Gasteiger partial charge in [-0.2, -0.15) is 15.0 Å². The molecule has 75 heavy (non-hydrogen) atoms. The summed E-state index contributed by atoms with van der Waals surface area (Å²) in [5.41, 5.74) is 12.0. The van der Waals surface area contributed by atoms with E-state index in [1.54, 1.807) is 0 Å². The van der Waals surface area contributed by atoms with Gasteiger partial charge in [0.05, 0.1) is 22.1 Å². The third kappa shape index (κ3) is 7.49. The Hall–Kier alpha value is -9.75. The molecule has 0 radical (unpaired) electrons. The SMILES string of the molecule is c1ccc(-c2cccc([Si](c3ccccc3)(c3cccc(-c4ccccc4)c3)c3cccc(-c4nc(-n5c6ccccc6c6ccccc65)nc(-n5c6ccccc6c6cc(-c7ccccc7)ccc65)n4)c3)c2)cc1. The van der Waals surface area contributed by atoms with Crippen LogP contribution in [0.25, 0.3) is 100 Å². The zero-order chi connectivity index (χ0) is 49.7. The van der Waals surface area contributed by atoms with Crippen molar-refractivity contribution >= 4 is 72.4 Å². The second-order valence-electron chi connectivity index (χ2n) is 19.2. The Morgan fingerprint density at radius 3 is 1.03 bits per heavy atom. The number of hydrogen-bond donors (Lipinski definition) is 0. The molecule has 0 unspecified atom stereocenters. The number of aromatic nitrogens is 5. The lowest BCUT2D eigenvalue weighted by molar-refractivity contribution is 0.893. The highest BCUT2D eigenvalue weighted by atomic mass is 28.3. The first-order valence-electron chi connectivity index (χ1n) is 25.5. The minimum Gasteiger partial charge on any atom is -0.278 e. The van der Waals surface area contributed by atoms with Gasteiger partial charge < -0.3 is 0 Å². The van der Waals surface area contributed by atoms with Gasteiger partial charge in [-0.1, -0.05) is 255 Å². The van der Waals surface area contributed by atoms with Crippen LogP contribution in [0.5, 0.6) is 0 Å². The van der Waals surface area contributed by atoms with E-state index in [1.165, 1.54) is 48.6 Å². The Bertz CT molecular complexity index is 4280. The summed E-state index contributed by atoms with van der Waals surface area (Å²) in [6.45, 7) is 0. The summed E-state index contributed by atoms with van der Waals surface area (Å²) < 4.78 is 4.43. The van der Waals surface area contributed by atoms with Gasteiger partial charge in [-0.3, -0.25) is 9.13 Å². The molecule has 0 aliphatic rings. The summed E-state index contributed by atoms with van der Waals surface area (Å²) in [7, 11) is -3.19. The molecule has 0 fully saturated rings. The molecule has 11 aromatic carbocycles. The van der Waals surface area contributed by atoms with E-state index in [4.69, 9.17) is 15.0 Å². The van der Waals surface area contributed by atoms with E-state index in [2.05, 4.69) is 294 Å². The first-order valence-corrected chi connectivity index (χ1v) is 27.5. The number of nitrogens with zero attached hydrogens (tertiary/aromatic N) is 5. The highest BCUT2D eigenvalue weighted by Gasteiger charge is 2.42. The van der Waals surface area contributed by atoms with Gasteiger partial charge in [0.2, 0.25) is 11.9 Å². The smallest absolute Gasteiger partial charge is 0.240 e. The van der Waals surface area contributed by atoms with E-state index in [-0.39, 0.29) is 0 Å². The summed E-state index contributed by atoms with van der Waals surface area (Å²) in [4.78, 5) is 16.7. The van der Waals surface area contributed by atoms with Gasteiger partial charge in [-0.05, 0) is 84.5 Å². The zero-order valence-electron chi connectivity index (χ0n) is 40.9. The zero-order valence-corrected chi connectivity index (χ0v) is 41.9. The molecule has 3 aromatic heterocycles. The van der Waals surface area contributed by atoms with Crippen molar-refractivity contribution in [3.05, 3.63) is 285 Å². The summed E-state index contributed by atoms with van der Waals surface area (Å²) in [5.74, 6) is 1.67. The predicted octanol–water partition coefficient (Wildman–Crippen LogP) is 14.1. The van der Waals surface area contributed by atoms with E-state index in [1.807, 2.05) is 0 Å². The molecule has 0 saturated heterocycles. The van der Waals surface area contributed by atoms with Crippen molar-refractivity contribution < 1.29 is 0 Å². The van der Waals surface area contributed by atoms with E-state index in [0.717, 1.165) is 54.7 Å². The van der Waals surface area contributed by atoms with Crippen LogP contribution in [0.3, 0.4) is 0 Å². The maximum Gasteiger partial charge on any atom is 0.240 e. The Balaban J connectivity index is 1.05. The molecular formula is C69H47N5Si. The fourth-order valence-corrected chi connectivity index (χ4v) is 16.4. The maximum atomic E-state index is 5.59. The normalized spacial score (nSPS) is 11.7. The molecule has 6 heteroatoms. The van der Waals surface area contributed by atoms with E-state index in [9.17, 15) is 0 Å². The molecule has 0 N–H and O–H groups in total. The van der Waals surface area contributed by atoms with Crippen molar-refractivity contribution in [2.24, 2.45) is 0 Å². The number of fused-ring (bicyclic) bond motifs is 6. The molecule has 0 aliphatic heterocycles. The van der Waals surface area contributed by atoms with Gasteiger partial charge in [0.25, 0.3) is 0 Å². The predicted molar refractivity (Wildman–Crippen MR) is 314 cm³/mol. The maximum absolute atomic E-state index is 5.59. The summed E-state index contributed by atoms with van der Waals surface area (Å²) in [6.07, 6.45) is 0. The van der Waals surface area contributed by atoms with E-state index in [0.29, 0.717) is 17.7 Å². The summed E-state index contributed by atoms with van der Waals surface area (Å²) >= 11 is 0. The lowest BCUT2D eigenvalue weighted by Crippen LogP contribution is -2.74. The fraction of sp³-hybridized carbons (Fsp3) is 0. The molecule has 0 amide bonds. The molecule has 14 rings (SSSR count). The van der Waals surface area contributed by atoms with E-state index < -0.39 is 8.07 Å². The second-order valence-corrected chi connectivity index (χ2v) is 23.0. The van der Waals surface area contributed by atoms with Gasteiger partial charge in [0.1, 0.15) is 0 Å².